The largest absolute Gasteiger partial charge is 0.389 e. The molecule has 0 aromatic rings. The summed E-state index contributed by atoms with van der Waals surface area (Å²) in [6.45, 7) is 4.10. The fourth-order valence-corrected chi connectivity index (χ4v) is 4.74. The van der Waals surface area contributed by atoms with Crippen molar-refractivity contribution in [2.45, 2.75) is 50.2 Å². The average molecular weight is 242 g/mol. The van der Waals surface area contributed by atoms with Crippen LogP contribution in [0.1, 0.15) is 33.1 Å². The number of carbonyl (C=O) groups is 1. The van der Waals surface area contributed by atoms with Crippen molar-refractivity contribution in [2.24, 2.45) is 17.8 Å². The number of carbonyl (C=O) groups excluding carboxylic acids is 1. The lowest BCUT2D eigenvalue weighted by Gasteiger charge is -2.47. The molecule has 1 aliphatic carbocycles. The molecule has 2 bridgehead atoms. The summed E-state index contributed by atoms with van der Waals surface area (Å²) in [7, 11) is 2.58. The molecule has 3 rings (SSSR count). The lowest BCUT2D eigenvalue weighted by molar-refractivity contribution is -0.198. The van der Waals surface area contributed by atoms with E-state index >= 15 is 0 Å². The molecule has 0 aromatic carbocycles. The molecule has 0 amide bonds. The molecule has 90 valence electrons. The van der Waals surface area contributed by atoms with Gasteiger partial charge in [-0.05, 0) is 31.6 Å². The van der Waals surface area contributed by atoms with E-state index in [1.807, 2.05) is 6.92 Å². The minimum absolute atomic E-state index is 0.170. The number of ketones is 1. The molecule has 0 spiro atoms. The molecular formula is C12H19O3P. The zero-order chi connectivity index (χ0) is 11.7. The zero-order valence-corrected chi connectivity index (χ0v) is 10.9. The summed E-state index contributed by atoms with van der Waals surface area (Å²) in [5.74, 6) is 1.10. The normalized spacial score (nSPS) is 60.1. The van der Waals surface area contributed by atoms with Gasteiger partial charge in [0.05, 0.1) is 6.10 Å². The van der Waals surface area contributed by atoms with Crippen LogP contribution >= 0.6 is 9.24 Å². The van der Waals surface area contributed by atoms with Crippen molar-refractivity contribution in [1.82, 2.24) is 0 Å². The summed E-state index contributed by atoms with van der Waals surface area (Å²) in [5.41, 5.74) is -0.642. The summed E-state index contributed by atoms with van der Waals surface area (Å²) in [5, 5.41) is 9.71. The standard InChI is InChI=1S/C12H19O3P/c1-6-3-4-7-9(6)10(14)12(16)5-8(13)11(7,2)15-12/h6-7,9-10,14H,3-5,16H2,1-2H3/t6?,7?,9?,10?,11-,12?/m0/s1. The predicted octanol–water partition coefficient (Wildman–Crippen LogP) is 1.34. The number of hydrogen-bond acceptors (Lipinski definition) is 3. The molecule has 2 heterocycles. The maximum absolute atomic E-state index is 12.1. The molecule has 3 aliphatic rings. The molecule has 7 atom stereocenters. The third-order valence-electron chi connectivity index (χ3n) is 5.02. The van der Waals surface area contributed by atoms with E-state index in [1.165, 1.54) is 0 Å². The highest BCUT2D eigenvalue weighted by Gasteiger charge is 2.67. The summed E-state index contributed by atoms with van der Waals surface area (Å²) in [4.78, 5) is 12.1. The highest BCUT2D eigenvalue weighted by atomic mass is 31.0. The second kappa shape index (κ2) is 3.07. The number of hydrogen-bond donors (Lipinski definition) is 1. The van der Waals surface area contributed by atoms with Gasteiger partial charge in [0.1, 0.15) is 10.9 Å². The summed E-state index contributed by atoms with van der Waals surface area (Å²) < 4.78 is 5.92. The van der Waals surface area contributed by atoms with Gasteiger partial charge in [0, 0.05) is 12.3 Å². The van der Waals surface area contributed by atoms with Gasteiger partial charge in [-0.3, -0.25) is 4.79 Å². The Morgan fingerprint density at radius 2 is 2.19 bits per heavy atom. The highest BCUT2D eigenvalue weighted by molar-refractivity contribution is 7.19. The molecular weight excluding hydrogens is 223 g/mol. The van der Waals surface area contributed by atoms with Gasteiger partial charge >= 0.3 is 0 Å². The fourth-order valence-electron chi connectivity index (χ4n) is 4.09. The molecule has 0 radical (unpaired) electrons. The molecule has 1 N–H and O–H groups in total. The van der Waals surface area contributed by atoms with E-state index in [1.54, 1.807) is 0 Å². The Bertz CT molecular complexity index is 358. The van der Waals surface area contributed by atoms with Crippen LogP contribution in [0.2, 0.25) is 0 Å². The summed E-state index contributed by atoms with van der Waals surface area (Å²) >= 11 is 0. The third-order valence-corrected chi connectivity index (χ3v) is 5.68. The highest BCUT2D eigenvalue weighted by Crippen LogP contribution is 2.60. The maximum Gasteiger partial charge on any atom is 0.168 e. The quantitative estimate of drug-likeness (QED) is 0.652. The lowest BCUT2D eigenvalue weighted by atomic mass is 9.74. The van der Waals surface area contributed by atoms with Crippen LogP contribution in [0.4, 0.5) is 0 Å². The average Bonchev–Trinajstić information content (AvgIpc) is 2.65. The SMILES string of the molecule is CC1CCC2C1C(O)C1(P)CC(=O)[C@@]2(C)O1. The fraction of sp³-hybridized carbons (Fsp3) is 0.917. The van der Waals surface area contributed by atoms with Crippen LogP contribution < -0.4 is 0 Å². The first-order valence-corrected chi connectivity index (χ1v) is 6.66. The first kappa shape index (κ1) is 11.1. The first-order valence-electron chi connectivity index (χ1n) is 6.09. The molecule has 2 saturated heterocycles. The van der Waals surface area contributed by atoms with Crippen LogP contribution in [0.15, 0.2) is 0 Å². The van der Waals surface area contributed by atoms with Crippen LogP contribution in [0.5, 0.6) is 0 Å². The lowest BCUT2D eigenvalue weighted by Crippen LogP contribution is -2.56. The molecule has 2 aliphatic heterocycles. The van der Waals surface area contributed by atoms with Crippen molar-refractivity contribution >= 4 is 15.0 Å². The second-order valence-electron chi connectivity index (χ2n) is 5.95. The molecule has 6 unspecified atom stereocenters. The van der Waals surface area contributed by atoms with Gasteiger partial charge in [-0.2, -0.15) is 0 Å². The number of rotatable bonds is 0. The van der Waals surface area contributed by atoms with E-state index in [-0.39, 0.29) is 17.6 Å². The molecule has 1 saturated carbocycles. The van der Waals surface area contributed by atoms with Crippen molar-refractivity contribution in [2.75, 3.05) is 0 Å². The van der Waals surface area contributed by atoms with Gasteiger partial charge in [-0.25, -0.2) is 0 Å². The predicted molar refractivity (Wildman–Crippen MR) is 62.9 cm³/mol. The van der Waals surface area contributed by atoms with Gasteiger partial charge in [-0.15, -0.1) is 0 Å². The topological polar surface area (TPSA) is 46.5 Å². The molecule has 4 heteroatoms. The van der Waals surface area contributed by atoms with Crippen molar-refractivity contribution < 1.29 is 14.6 Å². The van der Waals surface area contributed by atoms with E-state index in [0.717, 1.165) is 12.8 Å². The monoisotopic (exact) mass is 242 g/mol. The van der Waals surface area contributed by atoms with Gasteiger partial charge in [0.2, 0.25) is 0 Å². The number of aliphatic hydroxyl groups excluding tert-OH is 1. The Hall–Kier alpha value is 0.0200. The van der Waals surface area contributed by atoms with Crippen molar-refractivity contribution in [3.63, 3.8) is 0 Å². The molecule has 0 aromatic heterocycles. The van der Waals surface area contributed by atoms with Crippen LogP contribution in [0.3, 0.4) is 0 Å². The van der Waals surface area contributed by atoms with Gasteiger partial charge in [0.15, 0.2) is 5.78 Å². The number of Topliss-reactive ketones (excluding diaryl/α,β-unsaturated/α-hetero) is 1. The van der Waals surface area contributed by atoms with Crippen molar-refractivity contribution in [1.29, 1.82) is 0 Å². The Labute approximate surface area is 98.1 Å². The van der Waals surface area contributed by atoms with Crippen LogP contribution in [0.25, 0.3) is 0 Å². The Balaban J connectivity index is 2.08. The Morgan fingerprint density at radius 3 is 2.88 bits per heavy atom. The summed E-state index contributed by atoms with van der Waals surface area (Å²) in [6.07, 6.45) is 1.93. The van der Waals surface area contributed by atoms with E-state index in [0.29, 0.717) is 12.3 Å². The van der Waals surface area contributed by atoms with E-state index in [2.05, 4.69) is 16.2 Å². The Morgan fingerprint density at radius 1 is 1.50 bits per heavy atom. The smallest absolute Gasteiger partial charge is 0.168 e. The summed E-state index contributed by atoms with van der Waals surface area (Å²) in [6, 6.07) is 0. The van der Waals surface area contributed by atoms with E-state index < -0.39 is 17.0 Å². The minimum Gasteiger partial charge on any atom is -0.389 e. The van der Waals surface area contributed by atoms with Gasteiger partial charge in [-0.1, -0.05) is 16.2 Å². The van der Waals surface area contributed by atoms with Crippen molar-refractivity contribution in [3.05, 3.63) is 0 Å². The molecule has 3 fully saturated rings. The maximum atomic E-state index is 12.1. The minimum atomic E-state index is -0.717. The van der Waals surface area contributed by atoms with Gasteiger partial charge in [0.25, 0.3) is 0 Å². The van der Waals surface area contributed by atoms with E-state index in [4.69, 9.17) is 4.74 Å². The number of ether oxygens (including phenoxy) is 1. The van der Waals surface area contributed by atoms with Crippen LogP contribution in [0, 0.1) is 17.8 Å². The van der Waals surface area contributed by atoms with Gasteiger partial charge < -0.3 is 9.84 Å². The first-order chi connectivity index (χ1) is 7.38. The third kappa shape index (κ3) is 1.12. The Kier molecular flexibility index (Phi) is 2.13. The second-order valence-corrected chi connectivity index (χ2v) is 6.92. The number of fused-ring (bicyclic) bond motifs is 4. The molecule has 16 heavy (non-hydrogen) atoms. The zero-order valence-electron chi connectivity index (χ0n) is 9.77. The van der Waals surface area contributed by atoms with Crippen molar-refractivity contribution in [3.8, 4) is 0 Å². The van der Waals surface area contributed by atoms with E-state index in [9.17, 15) is 9.90 Å². The molecule has 3 nitrogen and oxygen atoms in total. The van der Waals surface area contributed by atoms with Crippen LogP contribution in [-0.4, -0.2) is 27.9 Å². The number of aliphatic hydroxyl groups is 1. The van der Waals surface area contributed by atoms with Crippen LogP contribution in [-0.2, 0) is 9.53 Å².